The Kier molecular flexibility index (Phi) is 6.16. The van der Waals surface area contributed by atoms with Gasteiger partial charge in [0.05, 0.1) is 0 Å². The molecule has 4 rings (SSSR count). The quantitative estimate of drug-likeness (QED) is 0.603. The van der Waals surface area contributed by atoms with E-state index in [0.717, 1.165) is 24.5 Å². The van der Waals surface area contributed by atoms with Crippen LogP contribution in [0.5, 0.6) is 5.75 Å². The predicted octanol–water partition coefficient (Wildman–Crippen LogP) is 3.37. The lowest BCUT2D eigenvalue weighted by molar-refractivity contribution is -0.138. The van der Waals surface area contributed by atoms with E-state index in [2.05, 4.69) is 20.0 Å². The maximum absolute atomic E-state index is 12.7. The summed E-state index contributed by atoms with van der Waals surface area (Å²) in [4.78, 5) is 25.7. The first-order valence-electron chi connectivity index (χ1n) is 10.6. The molecule has 31 heavy (non-hydrogen) atoms. The van der Waals surface area contributed by atoms with E-state index in [0.29, 0.717) is 30.6 Å². The Labute approximate surface area is 181 Å². The first-order valence-corrected chi connectivity index (χ1v) is 10.6. The molecule has 0 saturated carbocycles. The first-order chi connectivity index (χ1) is 15.0. The molecule has 1 aromatic carbocycles. The van der Waals surface area contributed by atoms with Gasteiger partial charge in [-0.1, -0.05) is 37.2 Å². The second-order valence-electron chi connectivity index (χ2n) is 7.90. The minimum atomic E-state index is -0.517. The van der Waals surface area contributed by atoms with E-state index in [-0.39, 0.29) is 11.8 Å². The summed E-state index contributed by atoms with van der Waals surface area (Å²) >= 11 is 0. The lowest BCUT2D eigenvalue weighted by Crippen LogP contribution is -2.52. The molecule has 0 bridgehead atoms. The summed E-state index contributed by atoms with van der Waals surface area (Å²) in [7, 11) is 0. The van der Waals surface area contributed by atoms with Gasteiger partial charge in [0.25, 0.3) is 5.91 Å². The third-order valence-corrected chi connectivity index (χ3v) is 5.26. The topological polar surface area (TPSA) is 84.6 Å². The van der Waals surface area contributed by atoms with Gasteiger partial charge in [0, 0.05) is 43.9 Å². The van der Waals surface area contributed by atoms with Crippen molar-refractivity contribution in [2.24, 2.45) is 0 Å². The van der Waals surface area contributed by atoms with Crippen LogP contribution in [0.15, 0.2) is 53.2 Å². The van der Waals surface area contributed by atoms with Gasteiger partial charge in [-0.15, -0.1) is 0 Å². The second-order valence-corrected chi connectivity index (χ2v) is 7.90. The molecule has 162 valence electrons. The standard InChI is InChI=1S/C23H27N5O3/c1-16(2)22-25-21(26-31-22)18-9-10-20(24-15-18)27-11-13-28(14-12-27)23(29)17(3)30-19-7-5-4-6-8-19/h4-10,15-17H,11-14H2,1-3H3. The zero-order chi connectivity index (χ0) is 21.8. The molecule has 8 nitrogen and oxygen atoms in total. The minimum Gasteiger partial charge on any atom is -0.481 e. The highest BCUT2D eigenvalue weighted by Gasteiger charge is 2.26. The van der Waals surface area contributed by atoms with Crippen LogP contribution in [-0.4, -0.2) is 58.2 Å². The van der Waals surface area contributed by atoms with E-state index in [4.69, 9.17) is 9.26 Å². The highest BCUT2D eigenvalue weighted by Crippen LogP contribution is 2.22. The van der Waals surface area contributed by atoms with Crippen molar-refractivity contribution in [1.82, 2.24) is 20.0 Å². The zero-order valence-electron chi connectivity index (χ0n) is 18.1. The van der Waals surface area contributed by atoms with Crippen molar-refractivity contribution in [2.45, 2.75) is 32.8 Å². The molecule has 0 aliphatic carbocycles. The molecule has 0 radical (unpaired) electrons. The lowest BCUT2D eigenvalue weighted by Gasteiger charge is -2.36. The van der Waals surface area contributed by atoms with Gasteiger partial charge in [-0.2, -0.15) is 4.98 Å². The molecule has 3 aromatic rings. The van der Waals surface area contributed by atoms with Crippen LogP contribution in [0.3, 0.4) is 0 Å². The van der Waals surface area contributed by atoms with E-state index >= 15 is 0 Å². The minimum absolute atomic E-state index is 0.00451. The van der Waals surface area contributed by atoms with Crippen LogP contribution in [0.2, 0.25) is 0 Å². The predicted molar refractivity (Wildman–Crippen MR) is 117 cm³/mol. The van der Waals surface area contributed by atoms with E-state index < -0.39 is 6.10 Å². The molecule has 1 fully saturated rings. The van der Waals surface area contributed by atoms with Gasteiger partial charge < -0.3 is 19.1 Å². The lowest BCUT2D eigenvalue weighted by atomic mass is 10.2. The van der Waals surface area contributed by atoms with Crippen LogP contribution < -0.4 is 9.64 Å². The Morgan fingerprint density at radius 3 is 2.39 bits per heavy atom. The molecule has 0 spiro atoms. The average Bonchev–Trinajstić information content (AvgIpc) is 3.30. The van der Waals surface area contributed by atoms with Crippen LogP contribution in [0.4, 0.5) is 5.82 Å². The number of carbonyl (C=O) groups excluding carboxylic acids is 1. The zero-order valence-corrected chi connectivity index (χ0v) is 18.1. The maximum Gasteiger partial charge on any atom is 0.263 e. The molecule has 0 N–H and O–H groups in total. The van der Waals surface area contributed by atoms with Crippen molar-refractivity contribution in [2.75, 3.05) is 31.1 Å². The summed E-state index contributed by atoms with van der Waals surface area (Å²) < 4.78 is 11.0. The molecule has 3 heterocycles. The molecule has 1 aliphatic heterocycles. The van der Waals surface area contributed by atoms with Gasteiger partial charge in [0.2, 0.25) is 11.7 Å². The number of piperazine rings is 1. The number of rotatable bonds is 6. The number of anilines is 1. The van der Waals surface area contributed by atoms with E-state index in [1.165, 1.54) is 0 Å². The van der Waals surface area contributed by atoms with Crippen molar-refractivity contribution in [3.05, 3.63) is 54.6 Å². The Hall–Kier alpha value is -3.42. The van der Waals surface area contributed by atoms with Gasteiger partial charge in [-0.3, -0.25) is 4.79 Å². The average molecular weight is 422 g/mol. The SMILES string of the molecule is CC(Oc1ccccc1)C(=O)N1CCN(c2ccc(-c3noc(C(C)C)n3)cn2)CC1. The van der Waals surface area contributed by atoms with E-state index in [1.54, 1.807) is 13.1 Å². The summed E-state index contributed by atoms with van der Waals surface area (Å²) in [5.41, 5.74) is 0.820. The number of hydrogen-bond donors (Lipinski definition) is 0. The van der Waals surface area contributed by atoms with Crippen molar-refractivity contribution in [1.29, 1.82) is 0 Å². The fourth-order valence-electron chi connectivity index (χ4n) is 3.46. The second kappa shape index (κ2) is 9.16. The highest BCUT2D eigenvalue weighted by atomic mass is 16.5. The van der Waals surface area contributed by atoms with Crippen LogP contribution in [0.25, 0.3) is 11.4 Å². The molecule has 1 amide bonds. The molecule has 1 saturated heterocycles. The highest BCUT2D eigenvalue weighted by molar-refractivity contribution is 5.81. The summed E-state index contributed by atoms with van der Waals surface area (Å²) in [5.74, 6) is 2.93. The van der Waals surface area contributed by atoms with Crippen molar-refractivity contribution in [3.8, 4) is 17.1 Å². The van der Waals surface area contributed by atoms with Crippen molar-refractivity contribution < 1.29 is 14.1 Å². The van der Waals surface area contributed by atoms with Crippen molar-refractivity contribution in [3.63, 3.8) is 0 Å². The van der Waals surface area contributed by atoms with Gasteiger partial charge in [-0.25, -0.2) is 4.98 Å². The number of carbonyl (C=O) groups is 1. The fourth-order valence-corrected chi connectivity index (χ4v) is 3.46. The van der Waals surface area contributed by atoms with Gasteiger partial charge in [0.15, 0.2) is 6.10 Å². The summed E-state index contributed by atoms with van der Waals surface area (Å²) in [5, 5.41) is 4.03. The van der Waals surface area contributed by atoms with Crippen LogP contribution in [-0.2, 0) is 4.79 Å². The van der Waals surface area contributed by atoms with Crippen LogP contribution in [0.1, 0.15) is 32.6 Å². The van der Waals surface area contributed by atoms with Gasteiger partial charge in [-0.05, 0) is 31.2 Å². The number of hydrogen-bond acceptors (Lipinski definition) is 7. The number of ether oxygens (including phenoxy) is 1. The smallest absolute Gasteiger partial charge is 0.263 e. The maximum atomic E-state index is 12.7. The summed E-state index contributed by atoms with van der Waals surface area (Å²) in [6.07, 6.45) is 1.24. The van der Waals surface area contributed by atoms with Crippen molar-refractivity contribution >= 4 is 11.7 Å². The Balaban J connectivity index is 1.32. The molecule has 2 aromatic heterocycles. The van der Waals surface area contributed by atoms with Gasteiger partial charge in [0.1, 0.15) is 11.6 Å². The Morgan fingerprint density at radius 1 is 1.03 bits per heavy atom. The number of aromatic nitrogens is 3. The van der Waals surface area contributed by atoms with E-state index in [9.17, 15) is 4.79 Å². The monoisotopic (exact) mass is 421 g/mol. The summed E-state index contributed by atoms with van der Waals surface area (Å²) in [6, 6.07) is 13.3. The number of para-hydroxylation sites is 1. The molecular weight excluding hydrogens is 394 g/mol. The molecular formula is C23H27N5O3. The Bertz CT molecular complexity index is 996. The first kappa shape index (κ1) is 20.8. The van der Waals surface area contributed by atoms with Crippen LogP contribution in [0, 0.1) is 0 Å². The normalized spacial score (nSPS) is 15.2. The van der Waals surface area contributed by atoms with Gasteiger partial charge >= 0.3 is 0 Å². The number of nitrogens with zero attached hydrogens (tertiary/aromatic N) is 5. The molecule has 1 atom stereocenters. The Morgan fingerprint density at radius 2 is 1.77 bits per heavy atom. The third kappa shape index (κ3) is 4.84. The van der Waals surface area contributed by atoms with E-state index in [1.807, 2.05) is 61.2 Å². The largest absolute Gasteiger partial charge is 0.481 e. The third-order valence-electron chi connectivity index (χ3n) is 5.26. The molecule has 8 heteroatoms. The molecule has 1 aliphatic rings. The molecule has 1 unspecified atom stereocenters. The fraction of sp³-hybridized carbons (Fsp3) is 0.391. The number of benzene rings is 1. The number of amides is 1. The summed E-state index contributed by atoms with van der Waals surface area (Å²) in [6.45, 7) is 8.52. The number of pyridine rings is 1. The van der Waals surface area contributed by atoms with Crippen LogP contribution >= 0.6 is 0 Å².